The van der Waals surface area contributed by atoms with Crippen LogP contribution in [0.5, 0.6) is 0 Å². The third-order valence-electron chi connectivity index (χ3n) is 5.88. The zero-order chi connectivity index (χ0) is 27.0. The van der Waals surface area contributed by atoms with E-state index in [0.717, 1.165) is 5.69 Å². The molecule has 0 saturated heterocycles. The molecule has 1 aliphatic rings. The van der Waals surface area contributed by atoms with Crippen molar-refractivity contribution < 1.29 is 38.0 Å². The first-order valence-electron chi connectivity index (χ1n) is 12.8. The lowest BCUT2D eigenvalue weighted by Crippen LogP contribution is -2.32. The molecule has 0 radical (unpaired) electrons. The summed E-state index contributed by atoms with van der Waals surface area (Å²) < 4.78 is 32.3. The molecule has 1 aliphatic heterocycles. The molecule has 1 heterocycles. The van der Waals surface area contributed by atoms with Crippen molar-refractivity contribution in [1.29, 1.82) is 0 Å². The second kappa shape index (κ2) is 16.9. The summed E-state index contributed by atoms with van der Waals surface area (Å²) in [6, 6.07) is 14.6. The van der Waals surface area contributed by atoms with Crippen LogP contribution in [0, 0.1) is 0 Å². The van der Waals surface area contributed by atoms with Gasteiger partial charge in [0.25, 0.3) is 5.78 Å². The van der Waals surface area contributed by atoms with Crippen LogP contribution in [-0.2, 0) is 33.2 Å². The van der Waals surface area contributed by atoms with Gasteiger partial charge >= 0.3 is 5.91 Å². The molecule has 0 N–H and O–H groups in total. The summed E-state index contributed by atoms with van der Waals surface area (Å²) in [6.45, 7) is 6.54. The normalized spacial score (nSPS) is 12.8. The summed E-state index contributed by atoms with van der Waals surface area (Å²) in [7, 11) is 3.28. The molecule has 208 valence electrons. The molecule has 0 aromatic heterocycles. The highest BCUT2D eigenvalue weighted by molar-refractivity contribution is 6.53. The molecule has 0 fully saturated rings. The van der Waals surface area contributed by atoms with Gasteiger partial charge < -0.3 is 33.3 Å². The molecule has 0 spiro atoms. The number of hydrogen-bond acceptors (Lipinski definition) is 9. The van der Waals surface area contributed by atoms with Crippen LogP contribution in [0.4, 0.5) is 17.1 Å². The van der Waals surface area contributed by atoms with Crippen molar-refractivity contribution in [3.05, 3.63) is 54.1 Å². The van der Waals surface area contributed by atoms with Crippen molar-refractivity contribution >= 4 is 28.8 Å². The van der Waals surface area contributed by atoms with Gasteiger partial charge in [0, 0.05) is 38.7 Å². The lowest BCUT2D eigenvalue weighted by molar-refractivity contribution is -0.113. The summed E-state index contributed by atoms with van der Waals surface area (Å²) in [5.41, 5.74) is 2.63. The maximum atomic E-state index is 12.7. The van der Waals surface area contributed by atoms with Gasteiger partial charge in [-0.05, 0) is 36.4 Å². The molecular formula is C28H38N2O8. The standard InChI is InChI=1S/C28H38N2O8/c1-33-15-17-37-21-19-35-13-11-29(12-14-36-20-22-38-18-16-34-2)23-7-9-24(10-8-23)30-26-6-4-3-5-25(26)27(31)28(30)32/h3-10H,11-22H2,1-2H3. The maximum absolute atomic E-state index is 12.7. The number of fused-ring (bicyclic) bond motifs is 1. The highest BCUT2D eigenvalue weighted by atomic mass is 16.5. The number of rotatable bonds is 20. The Bertz CT molecular complexity index is 965. The van der Waals surface area contributed by atoms with E-state index in [9.17, 15) is 9.59 Å². The number of ketones is 1. The van der Waals surface area contributed by atoms with Crippen molar-refractivity contribution in [2.24, 2.45) is 0 Å². The SMILES string of the molecule is COCCOCCOCCN(CCOCCOCCOC)c1ccc(N2C(=O)C(=O)c3ccccc32)cc1. The van der Waals surface area contributed by atoms with Crippen molar-refractivity contribution in [3.63, 3.8) is 0 Å². The fraction of sp³-hybridized carbons (Fsp3) is 0.500. The van der Waals surface area contributed by atoms with Gasteiger partial charge in [-0.2, -0.15) is 0 Å². The molecule has 0 saturated carbocycles. The lowest BCUT2D eigenvalue weighted by atomic mass is 10.1. The molecule has 1 amide bonds. The van der Waals surface area contributed by atoms with E-state index in [1.165, 1.54) is 4.90 Å². The fourth-order valence-electron chi connectivity index (χ4n) is 3.90. The summed E-state index contributed by atoms with van der Waals surface area (Å²) in [5.74, 6) is -1.03. The highest BCUT2D eigenvalue weighted by Crippen LogP contribution is 2.35. The van der Waals surface area contributed by atoms with Crippen LogP contribution in [0.1, 0.15) is 10.4 Å². The zero-order valence-corrected chi connectivity index (χ0v) is 22.3. The van der Waals surface area contributed by atoms with E-state index in [-0.39, 0.29) is 0 Å². The average molecular weight is 531 g/mol. The van der Waals surface area contributed by atoms with Gasteiger partial charge in [0.1, 0.15) is 0 Å². The number of carbonyl (C=O) groups excluding carboxylic acids is 2. The van der Waals surface area contributed by atoms with Gasteiger partial charge in [-0.1, -0.05) is 12.1 Å². The van der Waals surface area contributed by atoms with E-state index in [2.05, 4.69) is 4.90 Å². The Hall–Kier alpha value is -2.86. The van der Waals surface area contributed by atoms with Crippen LogP contribution in [0.3, 0.4) is 0 Å². The number of Topliss-reactive ketones (excluding diaryl/α,β-unsaturated/α-hetero) is 1. The van der Waals surface area contributed by atoms with E-state index >= 15 is 0 Å². The molecule has 10 nitrogen and oxygen atoms in total. The van der Waals surface area contributed by atoms with E-state index in [0.29, 0.717) is 96.1 Å². The number of amides is 1. The summed E-state index contributed by atoms with van der Waals surface area (Å²) in [5, 5.41) is 0. The Kier molecular flexibility index (Phi) is 13.2. The molecule has 0 aliphatic carbocycles. The molecule has 3 rings (SSSR count). The Labute approximate surface area is 224 Å². The molecule has 10 heteroatoms. The molecule has 38 heavy (non-hydrogen) atoms. The molecule has 2 aromatic rings. The van der Waals surface area contributed by atoms with Crippen molar-refractivity contribution in [3.8, 4) is 0 Å². The highest BCUT2D eigenvalue weighted by Gasteiger charge is 2.36. The largest absolute Gasteiger partial charge is 0.382 e. The van der Waals surface area contributed by atoms with Crippen molar-refractivity contribution in [2.75, 3.05) is 103 Å². The molecule has 0 bridgehead atoms. The van der Waals surface area contributed by atoms with Crippen molar-refractivity contribution in [1.82, 2.24) is 0 Å². The Morgan fingerprint density at radius 1 is 0.632 bits per heavy atom. The van der Waals surface area contributed by atoms with E-state index in [1.54, 1.807) is 32.4 Å². The third-order valence-corrected chi connectivity index (χ3v) is 5.88. The van der Waals surface area contributed by atoms with Crippen LogP contribution in [0.2, 0.25) is 0 Å². The minimum atomic E-state index is -0.543. The minimum absolute atomic E-state index is 0.426. The molecule has 2 aromatic carbocycles. The molecular weight excluding hydrogens is 492 g/mol. The van der Waals surface area contributed by atoms with Crippen LogP contribution < -0.4 is 9.80 Å². The first-order chi connectivity index (χ1) is 18.7. The number of nitrogens with zero attached hydrogens (tertiary/aromatic N) is 2. The number of para-hydroxylation sites is 1. The van der Waals surface area contributed by atoms with Crippen LogP contribution >= 0.6 is 0 Å². The van der Waals surface area contributed by atoms with Gasteiger partial charge in [0.15, 0.2) is 0 Å². The minimum Gasteiger partial charge on any atom is -0.382 e. The first kappa shape index (κ1) is 29.7. The Morgan fingerprint density at radius 2 is 1.13 bits per heavy atom. The van der Waals surface area contributed by atoms with E-state index in [1.807, 2.05) is 30.3 Å². The third kappa shape index (κ3) is 8.87. The smallest absolute Gasteiger partial charge is 0.304 e. The molecule has 0 atom stereocenters. The zero-order valence-electron chi connectivity index (χ0n) is 22.3. The predicted octanol–water partition coefficient (Wildman–Crippen LogP) is 2.71. The van der Waals surface area contributed by atoms with Gasteiger partial charge in [0.2, 0.25) is 0 Å². The number of methoxy groups -OCH3 is 2. The quantitative estimate of drug-likeness (QED) is 0.189. The number of hydrogen-bond donors (Lipinski definition) is 0. The second-order valence-corrected chi connectivity index (χ2v) is 8.43. The second-order valence-electron chi connectivity index (χ2n) is 8.43. The first-order valence-corrected chi connectivity index (χ1v) is 12.8. The van der Waals surface area contributed by atoms with Crippen LogP contribution in [0.15, 0.2) is 48.5 Å². The number of ether oxygens (including phenoxy) is 6. The Morgan fingerprint density at radius 3 is 1.68 bits per heavy atom. The van der Waals surface area contributed by atoms with Gasteiger partial charge in [-0.25, -0.2) is 0 Å². The van der Waals surface area contributed by atoms with E-state index < -0.39 is 11.7 Å². The van der Waals surface area contributed by atoms with Crippen LogP contribution in [0.25, 0.3) is 0 Å². The van der Waals surface area contributed by atoms with Gasteiger partial charge in [-0.15, -0.1) is 0 Å². The number of anilines is 3. The van der Waals surface area contributed by atoms with Crippen LogP contribution in [-0.4, -0.2) is 105 Å². The summed E-state index contributed by atoms with van der Waals surface area (Å²) in [4.78, 5) is 28.7. The number of benzene rings is 2. The predicted molar refractivity (Wildman–Crippen MR) is 144 cm³/mol. The van der Waals surface area contributed by atoms with Gasteiger partial charge in [0.05, 0.1) is 77.3 Å². The monoisotopic (exact) mass is 530 g/mol. The van der Waals surface area contributed by atoms with E-state index in [4.69, 9.17) is 28.4 Å². The maximum Gasteiger partial charge on any atom is 0.304 e. The Balaban J connectivity index is 1.56. The lowest BCUT2D eigenvalue weighted by Gasteiger charge is -2.26. The molecule has 0 unspecified atom stereocenters. The topological polar surface area (TPSA) is 96.0 Å². The van der Waals surface area contributed by atoms with Gasteiger partial charge in [-0.3, -0.25) is 14.5 Å². The average Bonchev–Trinajstić information content (AvgIpc) is 3.20. The fourth-order valence-corrected chi connectivity index (χ4v) is 3.90. The summed E-state index contributed by atoms with van der Waals surface area (Å²) in [6.07, 6.45) is 0. The van der Waals surface area contributed by atoms with Crippen molar-refractivity contribution in [2.45, 2.75) is 0 Å². The summed E-state index contributed by atoms with van der Waals surface area (Å²) >= 11 is 0. The number of carbonyl (C=O) groups is 2.